The van der Waals surface area contributed by atoms with Crippen LogP contribution in [0.3, 0.4) is 0 Å². The minimum Gasteiger partial charge on any atom is -0.497 e. The number of ether oxygens (including phenoxy) is 2. The Morgan fingerprint density at radius 1 is 1.12 bits per heavy atom. The average Bonchev–Trinajstić information content (AvgIpc) is 2.81. The molecule has 7 heteroatoms. The first kappa shape index (κ1) is 22.0. The second kappa shape index (κ2) is 9.53. The predicted molar refractivity (Wildman–Crippen MR) is 118 cm³/mol. The second-order valence-electron chi connectivity index (χ2n) is 8.09. The van der Waals surface area contributed by atoms with Crippen molar-refractivity contribution in [2.45, 2.75) is 31.5 Å². The van der Waals surface area contributed by atoms with Crippen LogP contribution in [0.15, 0.2) is 60.2 Å². The molecule has 2 atom stereocenters. The summed E-state index contributed by atoms with van der Waals surface area (Å²) in [5.74, 6) is 0.370. The van der Waals surface area contributed by atoms with Gasteiger partial charge in [0.25, 0.3) is 5.91 Å². The van der Waals surface area contributed by atoms with Gasteiger partial charge in [-0.05, 0) is 47.4 Å². The number of nitrogens with zero attached hydrogens (tertiary/aromatic N) is 2. The molecule has 0 spiro atoms. The molecule has 1 fully saturated rings. The number of hydrogen-bond acceptors (Lipinski definition) is 4. The van der Waals surface area contributed by atoms with Crippen molar-refractivity contribution in [2.24, 2.45) is 0 Å². The highest BCUT2D eigenvalue weighted by molar-refractivity contribution is 5.90. The molecule has 0 aliphatic carbocycles. The van der Waals surface area contributed by atoms with Gasteiger partial charge in [-0.25, -0.2) is 4.39 Å². The average molecular weight is 438 g/mol. The van der Waals surface area contributed by atoms with Gasteiger partial charge < -0.3 is 19.3 Å². The van der Waals surface area contributed by atoms with Gasteiger partial charge in [0, 0.05) is 26.7 Å². The Hall–Kier alpha value is -3.19. The maximum Gasteiger partial charge on any atom is 0.255 e. The molecule has 0 unspecified atom stereocenters. The zero-order valence-electron chi connectivity index (χ0n) is 18.3. The van der Waals surface area contributed by atoms with Gasteiger partial charge >= 0.3 is 0 Å². The maximum absolute atomic E-state index is 13.4. The second-order valence-corrected chi connectivity index (χ2v) is 8.09. The van der Waals surface area contributed by atoms with Crippen molar-refractivity contribution in [1.29, 1.82) is 0 Å². The monoisotopic (exact) mass is 438 g/mol. The highest BCUT2D eigenvalue weighted by atomic mass is 19.1. The topological polar surface area (TPSA) is 59.1 Å². The highest BCUT2D eigenvalue weighted by Gasteiger charge is 2.49. The number of benzene rings is 2. The molecule has 0 bridgehead atoms. The summed E-state index contributed by atoms with van der Waals surface area (Å²) in [6.07, 6.45) is 2.38. The fourth-order valence-electron chi connectivity index (χ4n) is 4.36. The number of carbonyl (C=O) groups is 2. The summed E-state index contributed by atoms with van der Waals surface area (Å²) in [4.78, 5) is 28.9. The Labute approximate surface area is 187 Å². The third-order valence-corrected chi connectivity index (χ3v) is 6.14. The molecule has 168 valence electrons. The molecule has 2 aliphatic heterocycles. The van der Waals surface area contributed by atoms with E-state index in [2.05, 4.69) is 0 Å². The molecule has 2 amide bonds. The molecule has 1 saturated heterocycles. The predicted octanol–water partition coefficient (Wildman–Crippen LogP) is 2.96. The van der Waals surface area contributed by atoms with Gasteiger partial charge in [-0.3, -0.25) is 9.59 Å². The SMILES string of the molecule is COc1ccc(CN2C(=O)[C@H](OC)[C@@H]2C2=CCN(C(=O)Cc3cccc(F)c3)CC2)cc1. The third-order valence-electron chi connectivity index (χ3n) is 6.14. The largest absolute Gasteiger partial charge is 0.497 e. The van der Waals surface area contributed by atoms with Gasteiger partial charge in [-0.1, -0.05) is 30.3 Å². The zero-order chi connectivity index (χ0) is 22.7. The summed E-state index contributed by atoms with van der Waals surface area (Å²) < 4.78 is 24.1. The first-order chi connectivity index (χ1) is 15.5. The van der Waals surface area contributed by atoms with Gasteiger partial charge in [-0.2, -0.15) is 0 Å². The number of methoxy groups -OCH3 is 2. The molecule has 0 radical (unpaired) electrons. The lowest BCUT2D eigenvalue weighted by Gasteiger charge is -2.48. The van der Waals surface area contributed by atoms with Crippen molar-refractivity contribution in [3.05, 3.63) is 77.1 Å². The van der Waals surface area contributed by atoms with Crippen LogP contribution in [0.25, 0.3) is 0 Å². The van der Waals surface area contributed by atoms with Gasteiger partial charge in [-0.15, -0.1) is 0 Å². The van der Waals surface area contributed by atoms with Crippen LogP contribution in [0, 0.1) is 5.82 Å². The van der Waals surface area contributed by atoms with Crippen LogP contribution in [-0.2, 0) is 27.3 Å². The first-order valence-electron chi connectivity index (χ1n) is 10.7. The van der Waals surface area contributed by atoms with Crippen LogP contribution in [-0.4, -0.2) is 61.1 Å². The summed E-state index contributed by atoms with van der Waals surface area (Å²) in [5.41, 5.74) is 2.79. The van der Waals surface area contributed by atoms with Crippen LogP contribution >= 0.6 is 0 Å². The maximum atomic E-state index is 13.4. The van der Waals surface area contributed by atoms with E-state index in [4.69, 9.17) is 9.47 Å². The van der Waals surface area contributed by atoms with Crippen molar-refractivity contribution in [3.63, 3.8) is 0 Å². The Balaban J connectivity index is 1.41. The molecule has 6 nitrogen and oxygen atoms in total. The van der Waals surface area contributed by atoms with Gasteiger partial charge in [0.05, 0.1) is 19.6 Å². The lowest BCUT2D eigenvalue weighted by atomic mass is 9.86. The fraction of sp³-hybridized carbons (Fsp3) is 0.360. The Morgan fingerprint density at radius 3 is 2.53 bits per heavy atom. The molecular formula is C25H27FN2O4. The smallest absolute Gasteiger partial charge is 0.255 e. The first-order valence-corrected chi connectivity index (χ1v) is 10.7. The number of carbonyl (C=O) groups excluding carboxylic acids is 2. The minimum absolute atomic E-state index is 0.0289. The summed E-state index contributed by atoms with van der Waals surface area (Å²) >= 11 is 0. The quantitative estimate of drug-likeness (QED) is 0.493. The zero-order valence-corrected chi connectivity index (χ0v) is 18.3. The Bertz CT molecular complexity index is 1020. The van der Waals surface area contributed by atoms with E-state index >= 15 is 0 Å². The summed E-state index contributed by atoms with van der Waals surface area (Å²) in [7, 11) is 3.17. The number of likely N-dealkylation sites (tertiary alicyclic amines) is 1. The fourth-order valence-corrected chi connectivity index (χ4v) is 4.36. The molecule has 2 aromatic carbocycles. The number of amides is 2. The van der Waals surface area contributed by atoms with E-state index in [9.17, 15) is 14.0 Å². The van der Waals surface area contributed by atoms with Gasteiger partial charge in [0.15, 0.2) is 6.10 Å². The molecule has 4 rings (SSSR count). The molecule has 2 heterocycles. The number of halogens is 1. The van der Waals surface area contributed by atoms with E-state index in [1.807, 2.05) is 35.2 Å². The molecule has 2 aliphatic rings. The summed E-state index contributed by atoms with van der Waals surface area (Å²) in [5, 5.41) is 0. The summed E-state index contributed by atoms with van der Waals surface area (Å²) in [6.45, 7) is 1.53. The third kappa shape index (κ3) is 4.53. The molecule has 0 saturated carbocycles. The van der Waals surface area contributed by atoms with Crippen molar-refractivity contribution >= 4 is 11.8 Å². The Kier molecular flexibility index (Phi) is 6.55. The normalized spacial score (nSPS) is 20.6. The molecular weight excluding hydrogens is 411 g/mol. The minimum atomic E-state index is -0.492. The van der Waals surface area contributed by atoms with E-state index in [1.54, 1.807) is 31.3 Å². The van der Waals surface area contributed by atoms with Crippen molar-refractivity contribution in [2.75, 3.05) is 27.3 Å². The lowest BCUT2D eigenvalue weighted by Crippen LogP contribution is -2.66. The van der Waals surface area contributed by atoms with E-state index < -0.39 is 6.10 Å². The van der Waals surface area contributed by atoms with Gasteiger partial charge in [0.2, 0.25) is 5.91 Å². The van der Waals surface area contributed by atoms with Crippen LogP contribution in [0.1, 0.15) is 17.5 Å². The molecule has 0 aromatic heterocycles. The van der Waals surface area contributed by atoms with E-state index in [1.165, 1.54) is 12.1 Å². The summed E-state index contributed by atoms with van der Waals surface area (Å²) in [6, 6.07) is 13.7. The highest BCUT2D eigenvalue weighted by Crippen LogP contribution is 2.33. The van der Waals surface area contributed by atoms with Crippen LogP contribution in [0.2, 0.25) is 0 Å². The van der Waals surface area contributed by atoms with Gasteiger partial charge in [0.1, 0.15) is 11.6 Å². The van der Waals surface area contributed by atoms with Crippen LogP contribution in [0.5, 0.6) is 5.75 Å². The standard InChI is InChI=1S/C25H27FN2O4/c1-31-21-8-6-17(7-9-21)16-28-23(24(32-2)25(28)30)19-10-12-27(13-11-19)22(29)15-18-4-3-5-20(26)14-18/h3-10,14,23-24H,11-13,15-16H2,1-2H3/t23-,24+/m0/s1. The van der Waals surface area contributed by atoms with E-state index in [0.29, 0.717) is 31.6 Å². The number of β-lactam (4-membered cyclic amide) rings is 1. The molecule has 0 N–H and O–H groups in total. The van der Waals surface area contributed by atoms with Crippen molar-refractivity contribution in [3.8, 4) is 5.75 Å². The number of rotatable bonds is 7. The van der Waals surface area contributed by atoms with Crippen molar-refractivity contribution in [1.82, 2.24) is 9.80 Å². The lowest BCUT2D eigenvalue weighted by molar-refractivity contribution is -0.168. The van der Waals surface area contributed by atoms with E-state index in [0.717, 1.165) is 16.9 Å². The molecule has 32 heavy (non-hydrogen) atoms. The van der Waals surface area contributed by atoms with Crippen LogP contribution in [0.4, 0.5) is 4.39 Å². The van der Waals surface area contributed by atoms with E-state index in [-0.39, 0.29) is 30.1 Å². The van der Waals surface area contributed by atoms with Crippen LogP contribution < -0.4 is 4.74 Å². The number of hydrogen-bond donors (Lipinski definition) is 0. The molecule has 2 aromatic rings. The Morgan fingerprint density at radius 2 is 1.91 bits per heavy atom. The van der Waals surface area contributed by atoms with Crippen molar-refractivity contribution < 1.29 is 23.5 Å².